The Labute approximate surface area is 158 Å². The highest BCUT2D eigenvalue weighted by Gasteiger charge is 2.18. The van der Waals surface area contributed by atoms with Crippen LogP contribution in [-0.4, -0.2) is 20.6 Å². The second kappa shape index (κ2) is 7.32. The van der Waals surface area contributed by atoms with Crippen molar-refractivity contribution in [3.8, 4) is 11.1 Å². The van der Waals surface area contributed by atoms with Gasteiger partial charge in [0.2, 0.25) is 0 Å². The van der Waals surface area contributed by atoms with E-state index in [9.17, 15) is 0 Å². The van der Waals surface area contributed by atoms with Crippen molar-refractivity contribution < 1.29 is 0 Å². The lowest BCUT2D eigenvalue weighted by Crippen LogP contribution is -2.20. The Morgan fingerprint density at radius 3 is 2.64 bits per heavy atom. The van der Waals surface area contributed by atoms with Crippen LogP contribution in [0.15, 0.2) is 24.3 Å². The molecule has 2 heterocycles. The van der Waals surface area contributed by atoms with Crippen LogP contribution < -0.4 is 5.73 Å². The lowest BCUT2D eigenvalue weighted by molar-refractivity contribution is 0.584. The summed E-state index contributed by atoms with van der Waals surface area (Å²) in [6, 6.07) is 7.78. The topological polar surface area (TPSA) is 56.2 Å². The second-order valence-corrected chi connectivity index (χ2v) is 7.26. The summed E-state index contributed by atoms with van der Waals surface area (Å²) in [5.41, 5.74) is 11.7. The zero-order valence-electron chi connectivity index (χ0n) is 14.7. The van der Waals surface area contributed by atoms with Gasteiger partial charge in [0, 0.05) is 28.0 Å². The first-order chi connectivity index (χ1) is 11.9. The third-order valence-corrected chi connectivity index (χ3v) is 5.01. The van der Waals surface area contributed by atoms with Crippen molar-refractivity contribution in [2.24, 2.45) is 5.73 Å². The minimum atomic E-state index is 0.199. The maximum absolute atomic E-state index is 6.43. The Morgan fingerprint density at radius 2 is 1.96 bits per heavy atom. The van der Waals surface area contributed by atoms with Gasteiger partial charge in [-0.1, -0.05) is 36.2 Å². The molecule has 2 aromatic heterocycles. The summed E-state index contributed by atoms with van der Waals surface area (Å²) in [5, 5.41) is 5.93. The summed E-state index contributed by atoms with van der Waals surface area (Å²) >= 11 is 12.5. The molecule has 0 amide bonds. The Hall–Kier alpha value is -1.62. The fourth-order valence-electron chi connectivity index (χ4n) is 3.04. The molecule has 3 aromatic rings. The SMILES string of the molecule is CCC(N)CCc1cc(C)nc2c(-c3ccc(Cl)cc3Cl)c(C)nn12. The summed E-state index contributed by atoms with van der Waals surface area (Å²) in [5.74, 6) is 0. The molecule has 1 aromatic carbocycles. The molecule has 0 aliphatic heterocycles. The molecule has 4 nitrogen and oxygen atoms in total. The molecule has 1 unspecified atom stereocenters. The number of hydrogen-bond acceptors (Lipinski definition) is 3. The minimum absolute atomic E-state index is 0.199. The lowest BCUT2D eigenvalue weighted by Gasteiger charge is -2.11. The smallest absolute Gasteiger partial charge is 0.163 e. The Morgan fingerprint density at radius 1 is 1.20 bits per heavy atom. The highest BCUT2D eigenvalue weighted by molar-refractivity contribution is 6.36. The summed E-state index contributed by atoms with van der Waals surface area (Å²) in [6.07, 6.45) is 2.76. The molecule has 2 N–H and O–H groups in total. The molecule has 0 spiro atoms. The van der Waals surface area contributed by atoms with Crippen molar-refractivity contribution in [1.29, 1.82) is 0 Å². The molecule has 0 aliphatic rings. The molecule has 132 valence electrons. The molecule has 0 bridgehead atoms. The number of aryl methyl sites for hydroxylation is 3. The van der Waals surface area contributed by atoms with Gasteiger partial charge in [-0.05, 0) is 51.3 Å². The average molecular weight is 377 g/mol. The van der Waals surface area contributed by atoms with E-state index < -0.39 is 0 Å². The second-order valence-electron chi connectivity index (χ2n) is 6.42. The standard InChI is InChI=1S/C19H22Cl2N4/c1-4-14(22)6-7-15-9-11(2)23-19-18(12(3)24-25(15)19)16-8-5-13(20)10-17(16)21/h5,8-10,14H,4,6-7,22H2,1-3H3. The largest absolute Gasteiger partial charge is 0.328 e. The maximum Gasteiger partial charge on any atom is 0.163 e. The van der Waals surface area contributed by atoms with Crippen molar-refractivity contribution in [2.45, 2.75) is 46.1 Å². The number of aromatic nitrogens is 3. The van der Waals surface area contributed by atoms with Crippen LogP contribution in [0.3, 0.4) is 0 Å². The molecular formula is C19H22Cl2N4. The number of nitrogens with two attached hydrogens (primary N) is 1. The molecule has 0 saturated heterocycles. The van der Waals surface area contributed by atoms with Gasteiger partial charge in [0.25, 0.3) is 0 Å². The van der Waals surface area contributed by atoms with Gasteiger partial charge in [-0.15, -0.1) is 0 Å². The molecule has 0 aliphatic carbocycles. The van der Waals surface area contributed by atoms with Crippen LogP contribution in [0.4, 0.5) is 0 Å². The van der Waals surface area contributed by atoms with Gasteiger partial charge in [-0.3, -0.25) is 0 Å². The third kappa shape index (κ3) is 3.66. The summed E-state index contributed by atoms with van der Waals surface area (Å²) in [6.45, 7) is 6.08. The van der Waals surface area contributed by atoms with Crippen LogP contribution in [0.2, 0.25) is 10.0 Å². The summed E-state index contributed by atoms with van der Waals surface area (Å²) in [4.78, 5) is 4.72. The van der Waals surface area contributed by atoms with Crippen LogP contribution >= 0.6 is 23.2 Å². The zero-order chi connectivity index (χ0) is 18.1. The molecule has 0 fully saturated rings. The van der Waals surface area contributed by atoms with Crippen molar-refractivity contribution >= 4 is 28.8 Å². The van der Waals surface area contributed by atoms with Crippen LogP contribution in [-0.2, 0) is 6.42 Å². The zero-order valence-corrected chi connectivity index (χ0v) is 16.2. The first-order valence-electron chi connectivity index (χ1n) is 8.47. The molecule has 0 radical (unpaired) electrons. The lowest BCUT2D eigenvalue weighted by atomic mass is 10.1. The molecule has 0 saturated carbocycles. The minimum Gasteiger partial charge on any atom is -0.328 e. The van der Waals surface area contributed by atoms with Gasteiger partial charge in [-0.2, -0.15) is 5.10 Å². The fraction of sp³-hybridized carbons (Fsp3) is 0.368. The van der Waals surface area contributed by atoms with Gasteiger partial charge in [0.15, 0.2) is 5.65 Å². The number of nitrogens with zero attached hydrogens (tertiary/aromatic N) is 3. The first kappa shape index (κ1) is 18.2. The van der Waals surface area contributed by atoms with Crippen molar-refractivity contribution in [2.75, 3.05) is 0 Å². The predicted octanol–water partition coefficient (Wildman–Crippen LogP) is 4.99. The predicted molar refractivity (Wildman–Crippen MR) is 105 cm³/mol. The highest BCUT2D eigenvalue weighted by Crippen LogP contribution is 2.35. The highest BCUT2D eigenvalue weighted by atomic mass is 35.5. The number of halogens is 2. The fourth-order valence-corrected chi connectivity index (χ4v) is 3.55. The normalized spacial score (nSPS) is 12.7. The van der Waals surface area contributed by atoms with Gasteiger partial charge in [0.05, 0.1) is 16.3 Å². The molecular weight excluding hydrogens is 355 g/mol. The van der Waals surface area contributed by atoms with Crippen molar-refractivity contribution in [1.82, 2.24) is 14.6 Å². The van der Waals surface area contributed by atoms with E-state index in [-0.39, 0.29) is 6.04 Å². The monoisotopic (exact) mass is 376 g/mol. The van der Waals surface area contributed by atoms with E-state index in [1.54, 1.807) is 6.07 Å². The number of rotatable bonds is 5. The number of fused-ring (bicyclic) bond motifs is 1. The molecule has 3 rings (SSSR count). The van der Waals surface area contributed by atoms with E-state index in [2.05, 4.69) is 13.0 Å². The quantitative estimate of drug-likeness (QED) is 0.682. The van der Waals surface area contributed by atoms with Gasteiger partial charge in [-0.25, -0.2) is 9.50 Å². The Balaban J connectivity index is 2.15. The van der Waals surface area contributed by atoms with E-state index in [1.807, 2.05) is 30.5 Å². The molecule has 25 heavy (non-hydrogen) atoms. The Kier molecular flexibility index (Phi) is 5.32. The average Bonchev–Trinajstić information content (AvgIpc) is 2.88. The molecule has 1 atom stereocenters. The van der Waals surface area contributed by atoms with Crippen LogP contribution in [0.25, 0.3) is 16.8 Å². The summed E-state index contributed by atoms with van der Waals surface area (Å²) < 4.78 is 1.92. The van der Waals surface area contributed by atoms with E-state index in [4.69, 9.17) is 39.0 Å². The van der Waals surface area contributed by atoms with Gasteiger partial charge >= 0.3 is 0 Å². The van der Waals surface area contributed by atoms with Crippen molar-refractivity contribution in [3.63, 3.8) is 0 Å². The maximum atomic E-state index is 6.43. The van der Waals surface area contributed by atoms with Gasteiger partial charge < -0.3 is 5.73 Å². The van der Waals surface area contributed by atoms with Crippen LogP contribution in [0, 0.1) is 13.8 Å². The van der Waals surface area contributed by atoms with Crippen LogP contribution in [0.1, 0.15) is 36.8 Å². The van der Waals surface area contributed by atoms with E-state index in [0.29, 0.717) is 10.0 Å². The van der Waals surface area contributed by atoms with Gasteiger partial charge in [0.1, 0.15) is 0 Å². The summed E-state index contributed by atoms with van der Waals surface area (Å²) in [7, 11) is 0. The van der Waals surface area contributed by atoms with E-state index in [0.717, 1.165) is 53.1 Å². The third-order valence-electron chi connectivity index (χ3n) is 4.46. The van der Waals surface area contributed by atoms with E-state index in [1.165, 1.54) is 0 Å². The molecule has 6 heteroatoms. The van der Waals surface area contributed by atoms with E-state index >= 15 is 0 Å². The van der Waals surface area contributed by atoms with Crippen molar-refractivity contribution in [3.05, 3.63) is 51.4 Å². The number of hydrogen-bond donors (Lipinski definition) is 1. The first-order valence-corrected chi connectivity index (χ1v) is 9.23. The number of benzene rings is 1. The Bertz CT molecular complexity index is 917. The van der Waals surface area contributed by atoms with Crippen LogP contribution in [0.5, 0.6) is 0 Å².